The van der Waals surface area contributed by atoms with E-state index in [4.69, 9.17) is 5.26 Å². The predicted molar refractivity (Wildman–Crippen MR) is 45.4 cm³/mol. The topological polar surface area (TPSA) is 23.8 Å². The molecule has 0 aromatic heterocycles. The summed E-state index contributed by atoms with van der Waals surface area (Å²) in [6, 6.07) is 1.95. The lowest BCUT2D eigenvalue weighted by Crippen LogP contribution is -1.59. The average molecular weight is 140 g/mol. The van der Waals surface area contributed by atoms with Gasteiger partial charge in [-0.05, 0) is 6.42 Å². The monoisotopic (exact) mass is 140 g/mol. The van der Waals surface area contributed by atoms with Crippen molar-refractivity contribution in [3.05, 3.63) is 6.92 Å². The second kappa shape index (κ2) is 15.8. The van der Waals surface area contributed by atoms with Gasteiger partial charge in [-0.2, -0.15) is 5.26 Å². The maximum atomic E-state index is 7.78. The largest absolute Gasteiger partial charge is 0.198 e. The van der Waals surface area contributed by atoms with Crippen molar-refractivity contribution < 1.29 is 0 Å². The lowest BCUT2D eigenvalue weighted by molar-refractivity contribution is 0.772. The zero-order valence-electron chi connectivity index (χ0n) is 7.19. The molecule has 0 amide bonds. The molecule has 1 nitrogen and oxygen atoms in total. The van der Waals surface area contributed by atoms with E-state index in [-0.39, 0.29) is 0 Å². The first-order valence-corrected chi connectivity index (χ1v) is 3.99. The summed E-state index contributed by atoms with van der Waals surface area (Å²) >= 11 is 0. The number of hydrogen-bond acceptors (Lipinski definition) is 1. The van der Waals surface area contributed by atoms with E-state index in [0.717, 1.165) is 6.42 Å². The summed E-state index contributed by atoms with van der Waals surface area (Å²) in [6.07, 6.45) is 5.39. The standard InChI is InChI=1S/C5H12.C4H6N/c1-3-5-4-2;1-2-3-4-5/h3-5H2,1-2H3;1-3H2. The number of hydrogen-bond donors (Lipinski definition) is 0. The minimum absolute atomic E-state index is 0.583. The van der Waals surface area contributed by atoms with Crippen LogP contribution in [0, 0.1) is 18.3 Å². The summed E-state index contributed by atoms with van der Waals surface area (Å²) in [5.74, 6) is 0. The summed E-state index contributed by atoms with van der Waals surface area (Å²) in [6.45, 7) is 7.88. The first-order chi connectivity index (χ1) is 4.83. The SMILES string of the molecule is CCCCC.[CH2]CCC#N. The molecule has 0 spiro atoms. The van der Waals surface area contributed by atoms with Crippen molar-refractivity contribution >= 4 is 0 Å². The van der Waals surface area contributed by atoms with E-state index in [1.54, 1.807) is 0 Å². The van der Waals surface area contributed by atoms with Crippen molar-refractivity contribution in [2.24, 2.45) is 0 Å². The van der Waals surface area contributed by atoms with Gasteiger partial charge in [-0.15, -0.1) is 0 Å². The molecule has 0 rings (SSSR count). The zero-order valence-corrected chi connectivity index (χ0v) is 7.19. The Hall–Kier alpha value is -0.510. The van der Waals surface area contributed by atoms with Crippen LogP contribution in [0.2, 0.25) is 0 Å². The molecule has 0 aromatic rings. The smallest absolute Gasteiger partial charge is 0.0621 e. The summed E-state index contributed by atoms with van der Waals surface area (Å²) in [5.41, 5.74) is 0. The molecule has 0 aliphatic heterocycles. The molecule has 0 aliphatic carbocycles. The lowest BCUT2D eigenvalue weighted by Gasteiger charge is -1.79. The van der Waals surface area contributed by atoms with Crippen molar-refractivity contribution in [2.75, 3.05) is 0 Å². The van der Waals surface area contributed by atoms with Crippen molar-refractivity contribution in [2.45, 2.75) is 46.0 Å². The number of nitrogens with zero attached hydrogens (tertiary/aromatic N) is 1. The van der Waals surface area contributed by atoms with Gasteiger partial charge in [0, 0.05) is 6.42 Å². The van der Waals surface area contributed by atoms with Gasteiger partial charge in [-0.25, -0.2) is 0 Å². The van der Waals surface area contributed by atoms with Crippen LogP contribution in [0.25, 0.3) is 0 Å². The van der Waals surface area contributed by atoms with Gasteiger partial charge in [-0.3, -0.25) is 0 Å². The molecular weight excluding hydrogens is 122 g/mol. The maximum absolute atomic E-state index is 7.78. The third kappa shape index (κ3) is 25.9. The Labute approximate surface area is 65.1 Å². The highest BCUT2D eigenvalue weighted by atomic mass is 14.2. The Morgan fingerprint density at radius 3 is 1.80 bits per heavy atom. The molecule has 0 aromatic carbocycles. The number of rotatable bonds is 3. The second-order valence-electron chi connectivity index (χ2n) is 2.12. The van der Waals surface area contributed by atoms with E-state index in [2.05, 4.69) is 20.8 Å². The van der Waals surface area contributed by atoms with Gasteiger partial charge in [0.25, 0.3) is 0 Å². The minimum atomic E-state index is 0.583. The molecule has 0 unspecified atom stereocenters. The van der Waals surface area contributed by atoms with Gasteiger partial charge in [0.2, 0.25) is 0 Å². The average Bonchev–Trinajstić information content (AvgIpc) is 1.93. The van der Waals surface area contributed by atoms with Crippen molar-refractivity contribution in [1.82, 2.24) is 0 Å². The Morgan fingerprint density at radius 1 is 1.30 bits per heavy atom. The Bertz CT molecular complexity index is 69.3. The Balaban J connectivity index is 0. The van der Waals surface area contributed by atoms with E-state index in [1.807, 2.05) is 6.07 Å². The third-order valence-electron chi connectivity index (χ3n) is 0.996. The molecule has 0 aliphatic rings. The number of nitriles is 1. The lowest BCUT2D eigenvalue weighted by atomic mass is 10.3. The molecule has 0 atom stereocenters. The predicted octanol–water partition coefficient (Wildman–Crippen LogP) is 3.32. The van der Waals surface area contributed by atoms with Gasteiger partial charge in [0.15, 0.2) is 0 Å². The van der Waals surface area contributed by atoms with Crippen LogP contribution in [0.15, 0.2) is 0 Å². The summed E-state index contributed by atoms with van der Waals surface area (Å²) in [5, 5.41) is 7.78. The molecule has 0 bridgehead atoms. The van der Waals surface area contributed by atoms with Crippen molar-refractivity contribution in [3.63, 3.8) is 0 Å². The fourth-order valence-electron chi connectivity index (χ4n) is 0.433. The highest BCUT2D eigenvalue weighted by molar-refractivity contribution is 4.67. The fraction of sp³-hybridized carbons (Fsp3) is 0.778. The molecule has 0 heterocycles. The summed E-state index contributed by atoms with van der Waals surface area (Å²) < 4.78 is 0. The van der Waals surface area contributed by atoms with Gasteiger partial charge < -0.3 is 0 Å². The van der Waals surface area contributed by atoms with Crippen molar-refractivity contribution in [3.8, 4) is 6.07 Å². The van der Waals surface area contributed by atoms with Crippen LogP contribution in [0.3, 0.4) is 0 Å². The van der Waals surface area contributed by atoms with E-state index < -0.39 is 0 Å². The van der Waals surface area contributed by atoms with Crippen LogP contribution < -0.4 is 0 Å². The first kappa shape index (κ1) is 12.2. The molecule has 0 fully saturated rings. The van der Waals surface area contributed by atoms with Crippen LogP contribution in [0.4, 0.5) is 0 Å². The normalized spacial score (nSPS) is 7.40. The first-order valence-electron chi connectivity index (χ1n) is 3.99. The Kier molecular flexibility index (Phi) is 19.3. The quantitative estimate of drug-likeness (QED) is 0.590. The minimum Gasteiger partial charge on any atom is -0.198 e. The maximum Gasteiger partial charge on any atom is 0.0621 e. The van der Waals surface area contributed by atoms with Crippen LogP contribution in [-0.4, -0.2) is 0 Å². The van der Waals surface area contributed by atoms with Crippen LogP contribution in [0.5, 0.6) is 0 Å². The van der Waals surface area contributed by atoms with Crippen molar-refractivity contribution in [1.29, 1.82) is 5.26 Å². The second-order valence-corrected chi connectivity index (χ2v) is 2.12. The number of unbranched alkanes of at least 4 members (excludes halogenated alkanes) is 3. The molecule has 0 saturated carbocycles. The van der Waals surface area contributed by atoms with E-state index in [0.29, 0.717) is 6.42 Å². The van der Waals surface area contributed by atoms with E-state index >= 15 is 0 Å². The van der Waals surface area contributed by atoms with Gasteiger partial charge in [0.1, 0.15) is 0 Å². The molecule has 0 N–H and O–H groups in total. The molecular formula is C9H18N. The van der Waals surface area contributed by atoms with E-state index in [9.17, 15) is 0 Å². The highest BCUT2D eigenvalue weighted by Gasteiger charge is 1.68. The molecule has 1 radical (unpaired) electrons. The zero-order chi connectivity index (χ0) is 8.24. The Morgan fingerprint density at radius 2 is 1.80 bits per heavy atom. The molecule has 59 valence electrons. The van der Waals surface area contributed by atoms with Gasteiger partial charge >= 0.3 is 0 Å². The molecule has 1 heteroatoms. The van der Waals surface area contributed by atoms with E-state index in [1.165, 1.54) is 19.3 Å². The van der Waals surface area contributed by atoms with Gasteiger partial charge in [-0.1, -0.05) is 40.0 Å². The molecule has 0 saturated heterocycles. The van der Waals surface area contributed by atoms with Crippen LogP contribution >= 0.6 is 0 Å². The van der Waals surface area contributed by atoms with Crippen LogP contribution in [0.1, 0.15) is 46.0 Å². The van der Waals surface area contributed by atoms with Crippen LogP contribution in [-0.2, 0) is 0 Å². The molecule has 10 heavy (non-hydrogen) atoms. The fourth-order valence-corrected chi connectivity index (χ4v) is 0.433. The summed E-state index contributed by atoms with van der Waals surface area (Å²) in [4.78, 5) is 0. The summed E-state index contributed by atoms with van der Waals surface area (Å²) in [7, 11) is 0. The third-order valence-corrected chi connectivity index (χ3v) is 0.996. The van der Waals surface area contributed by atoms with Gasteiger partial charge in [0.05, 0.1) is 6.07 Å². The highest BCUT2D eigenvalue weighted by Crippen LogP contribution is 1.88.